The Morgan fingerprint density at radius 1 is 1.50 bits per heavy atom. The molecule has 0 radical (unpaired) electrons. The van der Waals surface area contributed by atoms with E-state index in [1.807, 2.05) is 20.2 Å². The standard InChI is InChI=1S/C14H18BrFN4/c1-3-13-11(8-20(2)19-13)14(18-17)7-9-6-10(15)4-5-12(9)16/h4-6,8,14,18H,3,7,17H2,1-2H3. The van der Waals surface area contributed by atoms with Crippen LogP contribution in [-0.2, 0) is 19.9 Å². The average Bonchev–Trinajstić information content (AvgIpc) is 2.80. The van der Waals surface area contributed by atoms with Gasteiger partial charge in [-0.15, -0.1) is 0 Å². The highest BCUT2D eigenvalue weighted by atomic mass is 79.9. The molecule has 0 aliphatic rings. The Bertz CT molecular complexity index is 597. The number of nitrogens with zero attached hydrogens (tertiary/aromatic N) is 2. The Balaban J connectivity index is 2.30. The molecule has 0 spiro atoms. The van der Waals surface area contributed by atoms with Gasteiger partial charge in [-0.25, -0.2) is 4.39 Å². The highest BCUT2D eigenvalue weighted by Crippen LogP contribution is 2.24. The number of hydrogen-bond donors (Lipinski definition) is 2. The predicted octanol–water partition coefficient (Wildman–Crippen LogP) is 2.63. The number of hydrazine groups is 1. The van der Waals surface area contributed by atoms with Gasteiger partial charge >= 0.3 is 0 Å². The Labute approximate surface area is 126 Å². The predicted molar refractivity (Wildman–Crippen MR) is 80.5 cm³/mol. The first-order valence-corrected chi connectivity index (χ1v) is 7.27. The summed E-state index contributed by atoms with van der Waals surface area (Å²) in [5, 5.41) is 4.40. The third kappa shape index (κ3) is 3.26. The maximum atomic E-state index is 13.9. The number of benzene rings is 1. The second kappa shape index (κ2) is 6.47. The second-order valence-corrected chi connectivity index (χ2v) is 5.63. The number of aromatic nitrogens is 2. The first-order chi connectivity index (χ1) is 9.55. The van der Waals surface area contributed by atoms with E-state index in [2.05, 4.69) is 26.5 Å². The van der Waals surface area contributed by atoms with Gasteiger partial charge in [0.2, 0.25) is 0 Å². The highest BCUT2D eigenvalue weighted by Gasteiger charge is 2.18. The number of nitrogens with one attached hydrogen (secondary N) is 1. The quantitative estimate of drug-likeness (QED) is 0.649. The van der Waals surface area contributed by atoms with Gasteiger partial charge in [0.05, 0.1) is 11.7 Å². The third-order valence-corrected chi connectivity index (χ3v) is 3.77. The molecule has 1 unspecified atom stereocenters. The lowest BCUT2D eigenvalue weighted by atomic mass is 9.99. The van der Waals surface area contributed by atoms with Crippen LogP contribution in [0.25, 0.3) is 0 Å². The van der Waals surface area contributed by atoms with E-state index in [0.29, 0.717) is 12.0 Å². The lowest BCUT2D eigenvalue weighted by Gasteiger charge is -2.16. The monoisotopic (exact) mass is 340 g/mol. The molecule has 2 rings (SSSR count). The zero-order valence-corrected chi connectivity index (χ0v) is 13.1. The van der Waals surface area contributed by atoms with Crippen molar-refractivity contribution in [2.75, 3.05) is 0 Å². The van der Waals surface area contributed by atoms with Crippen molar-refractivity contribution in [2.45, 2.75) is 25.8 Å². The normalized spacial score (nSPS) is 12.7. The van der Waals surface area contributed by atoms with E-state index in [4.69, 9.17) is 5.84 Å². The van der Waals surface area contributed by atoms with Crippen molar-refractivity contribution < 1.29 is 4.39 Å². The molecule has 1 heterocycles. The molecule has 1 atom stereocenters. The summed E-state index contributed by atoms with van der Waals surface area (Å²) in [6.45, 7) is 2.04. The van der Waals surface area contributed by atoms with Crippen LogP contribution in [0.5, 0.6) is 0 Å². The Morgan fingerprint density at radius 2 is 2.25 bits per heavy atom. The van der Waals surface area contributed by atoms with Crippen LogP contribution in [0.1, 0.15) is 29.8 Å². The van der Waals surface area contributed by atoms with Crippen molar-refractivity contribution >= 4 is 15.9 Å². The number of rotatable bonds is 5. The summed E-state index contributed by atoms with van der Waals surface area (Å²) in [6.07, 6.45) is 3.22. The zero-order chi connectivity index (χ0) is 14.7. The smallest absolute Gasteiger partial charge is 0.126 e. The fourth-order valence-electron chi connectivity index (χ4n) is 2.30. The molecular formula is C14H18BrFN4. The first kappa shape index (κ1) is 15.2. The molecule has 20 heavy (non-hydrogen) atoms. The van der Waals surface area contributed by atoms with Gasteiger partial charge in [-0.3, -0.25) is 16.0 Å². The molecule has 0 aliphatic heterocycles. The molecule has 1 aromatic heterocycles. The van der Waals surface area contributed by atoms with E-state index in [1.165, 1.54) is 6.07 Å². The molecule has 0 aliphatic carbocycles. The number of hydrogen-bond acceptors (Lipinski definition) is 3. The topological polar surface area (TPSA) is 55.9 Å². The van der Waals surface area contributed by atoms with Crippen LogP contribution in [0.15, 0.2) is 28.9 Å². The van der Waals surface area contributed by atoms with Crippen molar-refractivity contribution in [2.24, 2.45) is 12.9 Å². The Morgan fingerprint density at radius 3 is 2.90 bits per heavy atom. The van der Waals surface area contributed by atoms with Crippen molar-refractivity contribution in [3.8, 4) is 0 Å². The lowest BCUT2D eigenvalue weighted by molar-refractivity contribution is 0.525. The minimum atomic E-state index is -0.226. The van der Waals surface area contributed by atoms with E-state index in [-0.39, 0.29) is 11.9 Å². The van der Waals surface area contributed by atoms with Crippen LogP contribution < -0.4 is 11.3 Å². The maximum absolute atomic E-state index is 13.9. The summed E-state index contributed by atoms with van der Waals surface area (Å²) >= 11 is 3.36. The van der Waals surface area contributed by atoms with Gasteiger partial charge in [0, 0.05) is 23.3 Å². The van der Waals surface area contributed by atoms with Gasteiger partial charge in [0.1, 0.15) is 5.82 Å². The number of halogens is 2. The molecule has 0 saturated heterocycles. The summed E-state index contributed by atoms with van der Waals surface area (Å²) in [6, 6.07) is 4.76. The maximum Gasteiger partial charge on any atom is 0.126 e. The molecule has 6 heteroatoms. The average molecular weight is 341 g/mol. The van der Waals surface area contributed by atoms with Crippen molar-refractivity contribution in [3.05, 3.63) is 51.5 Å². The van der Waals surface area contributed by atoms with Crippen LogP contribution in [0, 0.1) is 5.82 Å². The van der Waals surface area contributed by atoms with Crippen molar-refractivity contribution in [1.82, 2.24) is 15.2 Å². The van der Waals surface area contributed by atoms with Gasteiger partial charge in [0.15, 0.2) is 0 Å². The van der Waals surface area contributed by atoms with E-state index >= 15 is 0 Å². The fraction of sp³-hybridized carbons (Fsp3) is 0.357. The van der Waals surface area contributed by atoms with Crippen LogP contribution in [0.3, 0.4) is 0 Å². The summed E-state index contributed by atoms with van der Waals surface area (Å²) in [5.41, 5.74) is 5.37. The van der Waals surface area contributed by atoms with Gasteiger partial charge in [-0.2, -0.15) is 5.10 Å². The van der Waals surface area contributed by atoms with Crippen molar-refractivity contribution in [1.29, 1.82) is 0 Å². The Hall–Kier alpha value is -1.24. The summed E-state index contributed by atoms with van der Waals surface area (Å²) in [4.78, 5) is 0. The van der Waals surface area contributed by atoms with Crippen LogP contribution in [0.2, 0.25) is 0 Å². The molecule has 3 N–H and O–H groups in total. The third-order valence-electron chi connectivity index (χ3n) is 3.28. The minimum absolute atomic E-state index is 0.164. The van der Waals surface area contributed by atoms with E-state index in [9.17, 15) is 4.39 Å². The SMILES string of the molecule is CCc1nn(C)cc1C(Cc1cc(Br)ccc1F)NN. The zero-order valence-electron chi connectivity index (χ0n) is 11.5. The minimum Gasteiger partial charge on any atom is -0.275 e. The largest absolute Gasteiger partial charge is 0.275 e. The van der Waals surface area contributed by atoms with Gasteiger partial charge in [-0.1, -0.05) is 22.9 Å². The Kier molecular flexibility index (Phi) is 4.91. The van der Waals surface area contributed by atoms with Crippen LogP contribution in [-0.4, -0.2) is 9.78 Å². The molecule has 1 aromatic carbocycles. The summed E-state index contributed by atoms with van der Waals surface area (Å²) < 4.78 is 16.5. The number of aryl methyl sites for hydroxylation is 2. The molecule has 4 nitrogen and oxygen atoms in total. The molecule has 0 amide bonds. The summed E-state index contributed by atoms with van der Waals surface area (Å²) in [7, 11) is 1.87. The number of nitrogens with two attached hydrogens (primary N) is 1. The molecular weight excluding hydrogens is 323 g/mol. The second-order valence-electron chi connectivity index (χ2n) is 4.72. The molecule has 2 aromatic rings. The molecule has 0 saturated carbocycles. The van der Waals surface area contributed by atoms with E-state index in [0.717, 1.165) is 22.2 Å². The highest BCUT2D eigenvalue weighted by molar-refractivity contribution is 9.10. The van der Waals surface area contributed by atoms with Gasteiger partial charge in [0.25, 0.3) is 0 Å². The van der Waals surface area contributed by atoms with Crippen molar-refractivity contribution in [3.63, 3.8) is 0 Å². The first-order valence-electron chi connectivity index (χ1n) is 6.47. The van der Waals surface area contributed by atoms with E-state index in [1.54, 1.807) is 16.8 Å². The summed E-state index contributed by atoms with van der Waals surface area (Å²) in [5.74, 6) is 5.43. The van der Waals surface area contributed by atoms with Gasteiger partial charge < -0.3 is 0 Å². The molecule has 0 bridgehead atoms. The van der Waals surface area contributed by atoms with Crippen LogP contribution in [0.4, 0.5) is 4.39 Å². The fourth-order valence-corrected chi connectivity index (χ4v) is 2.71. The molecule has 108 valence electrons. The van der Waals surface area contributed by atoms with E-state index < -0.39 is 0 Å². The van der Waals surface area contributed by atoms with Gasteiger partial charge in [-0.05, 0) is 36.6 Å². The van der Waals surface area contributed by atoms with Crippen LogP contribution >= 0.6 is 15.9 Å². The molecule has 0 fully saturated rings. The lowest BCUT2D eigenvalue weighted by Crippen LogP contribution is -2.30.